The summed E-state index contributed by atoms with van der Waals surface area (Å²) in [6, 6.07) is 27.5. The van der Waals surface area contributed by atoms with Crippen LogP contribution in [0.3, 0.4) is 0 Å². The van der Waals surface area contributed by atoms with E-state index in [1.807, 2.05) is 92.6 Å². The summed E-state index contributed by atoms with van der Waals surface area (Å²) in [4.78, 5) is 20.6. The average Bonchev–Trinajstić information content (AvgIpc) is 3.20. The zero-order valence-electron chi connectivity index (χ0n) is 40.8. The summed E-state index contributed by atoms with van der Waals surface area (Å²) in [5, 5.41) is 14.7. The minimum atomic E-state index is -1.48. The quantitative estimate of drug-likeness (QED) is 0.0643. The number of hydrogen-bond acceptors (Lipinski definition) is 4. The van der Waals surface area contributed by atoms with E-state index in [2.05, 4.69) is 79.0 Å². The first-order chi connectivity index (χ1) is 28.6. The molecule has 0 atom stereocenters. The number of fused-ring (bicyclic) bond motifs is 2. The molecule has 6 heteroatoms. The Morgan fingerprint density at radius 2 is 1.21 bits per heavy atom. The second kappa shape index (κ2) is 21.2. The van der Waals surface area contributed by atoms with Gasteiger partial charge in [-0.1, -0.05) is 129 Å². The predicted octanol–water partition coefficient (Wildman–Crippen LogP) is 13.7. The maximum Gasteiger partial charge on any atom is 0.162 e. The molecule has 0 aliphatic heterocycles. The molecule has 4 nitrogen and oxygen atoms in total. The van der Waals surface area contributed by atoms with E-state index >= 15 is 0 Å². The van der Waals surface area contributed by atoms with E-state index in [4.69, 9.17) is 5.48 Å². The Morgan fingerprint density at radius 3 is 1.64 bits per heavy atom. The molecule has 0 unspecified atom stereocenters. The van der Waals surface area contributed by atoms with Gasteiger partial charge in [-0.05, 0) is 77.6 Å². The van der Waals surface area contributed by atoms with Gasteiger partial charge in [-0.2, -0.15) is 0 Å². The van der Waals surface area contributed by atoms with Crippen molar-refractivity contribution in [2.45, 2.75) is 115 Å². The first-order valence-electron chi connectivity index (χ1n) is 22.3. The smallest absolute Gasteiger partial charge is 0.162 e. The Labute approximate surface area is 369 Å². The van der Waals surface area contributed by atoms with Crippen molar-refractivity contribution in [1.29, 1.82) is 0 Å². The summed E-state index contributed by atoms with van der Waals surface area (Å²) in [7, 11) is -1.48. The fraction of sp³-hybridized carbons (Fsp3) is 0.365. The molecule has 2 heterocycles. The fourth-order valence-electron chi connectivity index (χ4n) is 6.88. The number of carbonyl (C=O) groups is 1. The Morgan fingerprint density at radius 1 is 0.741 bits per heavy atom. The van der Waals surface area contributed by atoms with Gasteiger partial charge in [-0.3, -0.25) is 4.79 Å². The predicted molar refractivity (Wildman–Crippen MR) is 247 cm³/mol. The SMILES string of the molecule is CCC(CC)C(=O)/C=C(\O)C(C)(CC)CC.[2H]c1nc(-c2[c-]c(C)cc(C)c2)c2ccc(C)cc2c1[2H].[2H]c1nc(-c2[c-]c(C)cc(C)c2)c2ccc([Si](C)(C)C)cc2c1[2H].[Ir]. The first-order valence-corrected chi connectivity index (χ1v) is 23.8. The van der Waals surface area contributed by atoms with E-state index < -0.39 is 8.07 Å². The maximum atomic E-state index is 11.9. The number of carbonyl (C=O) groups excluding carboxylic acids is 1. The summed E-state index contributed by atoms with van der Waals surface area (Å²) in [6.45, 7) is 27.1. The van der Waals surface area contributed by atoms with Crippen molar-refractivity contribution in [2.75, 3.05) is 0 Å². The molecule has 1 N–H and O–H groups in total. The summed E-state index contributed by atoms with van der Waals surface area (Å²) in [5.41, 5.74) is 8.49. The Bertz CT molecular complexity index is 2540. The number of ketones is 1. The average molecular weight is 973 g/mol. The van der Waals surface area contributed by atoms with Crippen molar-refractivity contribution in [3.8, 4) is 22.5 Å². The third-order valence-electron chi connectivity index (χ3n) is 10.9. The summed E-state index contributed by atoms with van der Waals surface area (Å²) in [5.74, 6) is 0.366. The number of aryl methyl sites for hydroxylation is 5. The Hall–Kier alpha value is -4.22. The van der Waals surface area contributed by atoms with Crippen molar-refractivity contribution in [1.82, 2.24) is 9.97 Å². The molecule has 0 aliphatic rings. The number of benzene rings is 4. The van der Waals surface area contributed by atoms with Crippen LogP contribution >= 0.6 is 0 Å². The van der Waals surface area contributed by atoms with Gasteiger partial charge in [0.1, 0.15) is 5.76 Å². The number of allylic oxidation sites excluding steroid dienone is 2. The van der Waals surface area contributed by atoms with E-state index in [1.165, 1.54) is 11.3 Å². The van der Waals surface area contributed by atoms with Crippen molar-refractivity contribution < 1.29 is 35.5 Å². The van der Waals surface area contributed by atoms with Crippen molar-refractivity contribution >= 4 is 40.6 Å². The van der Waals surface area contributed by atoms with E-state index in [-0.39, 0.29) is 67.4 Å². The fourth-order valence-corrected chi connectivity index (χ4v) is 8.04. The molecule has 2 aromatic heterocycles. The molecule has 0 aliphatic carbocycles. The van der Waals surface area contributed by atoms with Crippen LogP contribution in [0.2, 0.25) is 19.6 Å². The molecule has 0 amide bonds. The molecule has 58 heavy (non-hydrogen) atoms. The second-order valence-electron chi connectivity index (χ2n) is 16.7. The Kier molecular flexibility index (Phi) is 15.3. The number of aliphatic hydroxyl groups excluding tert-OH is 1. The van der Waals surface area contributed by atoms with Crippen LogP contribution in [0.4, 0.5) is 0 Å². The van der Waals surface area contributed by atoms with Gasteiger partial charge in [0.05, 0.1) is 13.6 Å². The monoisotopic (exact) mass is 973 g/mol. The molecule has 309 valence electrons. The van der Waals surface area contributed by atoms with Gasteiger partial charge in [0, 0.05) is 49.9 Å². The molecular weight excluding hydrogens is 905 g/mol. The molecule has 4 aromatic carbocycles. The van der Waals surface area contributed by atoms with E-state index in [1.54, 1.807) is 0 Å². The number of aromatic nitrogens is 2. The van der Waals surface area contributed by atoms with Gasteiger partial charge in [-0.15, -0.1) is 69.8 Å². The van der Waals surface area contributed by atoms with Crippen molar-refractivity contribution in [2.24, 2.45) is 11.3 Å². The van der Waals surface area contributed by atoms with Gasteiger partial charge in [0.2, 0.25) is 0 Å². The molecule has 1 radical (unpaired) electrons. The van der Waals surface area contributed by atoms with Gasteiger partial charge in [0.25, 0.3) is 0 Å². The van der Waals surface area contributed by atoms with Gasteiger partial charge >= 0.3 is 0 Å². The topological polar surface area (TPSA) is 63.1 Å². The third-order valence-corrected chi connectivity index (χ3v) is 13.0. The number of aliphatic hydroxyl groups is 1. The van der Waals surface area contributed by atoms with Crippen LogP contribution in [0.25, 0.3) is 44.1 Å². The largest absolute Gasteiger partial charge is 0.512 e. The maximum absolute atomic E-state index is 11.9. The number of pyridine rings is 2. The third kappa shape index (κ3) is 12.4. The molecule has 6 rings (SSSR count). The van der Waals surface area contributed by atoms with Crippen molar-refractivity contribution in [3.63, 3.8) is 0 Å². The van der Waals surface area contributed by atoms with Crippen LogP contribution in [0.5, 0.6) is 0 Å². The second-order valence-corrected chi connectivity index (χ2v) is 21.8. The first kappa shape index (κ1) is 41.9. The van der Waals surface area contributed by atoms with Crippen LogP contribution in [0.15, 0.2) is 96.9 Å². The number of hydrogen-bond donors (Lipinski definition) is 1. The zero-order valence-corrected chi connectivity index (χ0v) is 40.2. The van der Waals surface area contributed by atoms with Gasteiger partial charge in [0.15, 0.2) is 5.78 Å². The summed E-state index contributed by atoms with van der Waals surface area (Å²) < 4.78 is 32.4. The standard InChI is InChI=1S/C20H22NSi.C18H16N.C14H26O2.Ir/c1-14-10-15(2)12-17(11-14)20-19-7-6-18(22(3,4)5)13-16(19)8-9-21-20;1-12-4-5-17-15(9-12)6-7-19-18(17)16-10-13(2)8-14(3)11-16;1-6-11(7-2)12(15)10-13(16)14(5,8-3)9-4;/h6-11,13H,1-5H3;4-10H,1-3H3;10-11,16H,6-9H2,1-5H3;/q2*-1;;/b;;13-10-;/i8D,9D;6D,7D;;. The Balaban J connectivity index is 0.000000251. The van der Waals surface area contributed by atoms with Crippen LogP contribution < -0.4 is 5.19 Å². The van der Waals surface area contributed by atoms with E-state index in [0.29, 0.717) is 0 Å². The number of nitrogens with zero attached hydrogens (tertiary/aromatic N) is 2. The number of rotatable bonds is 10. The molecule has 0 spiro atoms. The normalized spacial score (nSPS) is 12.7. The molecular formula is C52H64IrN2O2Si-2. The molecule has 0 saturated carbocycles. The summed E-state index contributed by atoms with van der Waals surface area (Å²) in [6.07, 6.45) is 4.87. The van der Waals surface area contributed by atoms with Crippen LogP contribution in [0, 0.1) is 58.1 Å². The van der Waals surface area contributed by atoms with Crippen LogP contribution in [-0.2, 0) is 24.9 Å². The summed E-state index contributed by atoms with van der Waals surface area (Å²) >= 11 is 0. The van der Waals surface area contributed by atoms with E-state index in [9.17, 15) is 9.90 Å². The molecule has 0 fully saturated rings. The van der Waals surface area contributed by atoms with Gasteiger partial charge in [-0.25, -0.2) is 0 Å². The molecule has 0 saturated heterocycles. The minimum absolute atomic E-state index is 0. The molecule has 0 bridgehead atoms. The minimum Gasteiger partial charge on any atom is -0.512 e. The van der Waals surface area contributed by atoms with Crippen LogP contribution in [0.1, 0.15) is 93.6 Å². The van der Waals surface area contributed by atoms with Crippen LogP contribution in [-0.4, -0.2) is 28.9 Å². The zero-order chi connectivity index (χ0) is 45.6. The van der Waals surface area contributed by atoms with E-state index in [0.717, 1.165) is 97.6 Å². The molecule has 6 aromatic rings. The van der Waals surface area contributed by atoms with Gasteiger partial charge < -0.3 is 15.1 Å². The van der Waals surface area contributed by atoms with Crippen molar-refractivity contribution in [3.05, 3.63) is 137 Å².